The standard InChI is InChI=1S/C18H25NO3/c1-13-5-7-16(14(2)12-13)17(20)9-11-19-10-3-4-15(19)6-8-18(21)22/h5,7,12,15H,3-4,6,8-11H2,1-2H3,(H,21,22). The molecule has 1 aromatic carbocycles. The number of aliphatic carboxylic acids is 1. The molecule has 1 aliphatic heterocycles. The minimum atomic E-state index is -0.738. The van der Waals surface area contributed by atoms with E-state index in [4.69, 9.17) is 5.11 Å². The molecular formula is C18H25NO3. The van der Waals surface area contributed by atoms with Crippen LogP contribution in [0.5, 0.6) is 0 Å². The molecule has 1 fully saturated rings. The molecule has 1 heterocycles. The Kier molecular flexibility index (Phi) is 5.72. The van der Waals surface area contributed by atoms with Gasteiger partial charge in [-0.15, -0.1) is 0 Å². The van der Waals surface area contributed by atoms with Crippen molar-refractivity contribution >= 4 is 11.8 Å². The third kappa shape index (κ3) is 4.41. The summed E-state index contributed by atoms with van der Waals surface area (Å²) in [5, 5.41) is 8.81. The molecule has 4 nitrogen and oxygen atoms in total. The fourth-order valence-electron chi connectivity index (χ4n) is 3.31. The van der Waals surface area contributed by atoms with Crippen LogP contribution >= 0.6 is 0 Å². The number of rotatable bonds is 7. The van der Waals surface area contributed by atoms with Crippen molar-refractivity contribution in [2.45, 2.75) is 52.0 Å². The normalized spacial score (nSPS) is 18.5. The molecular weight excluding hydrogens is 278 g/mol. The van der Waals surface area contributed by atoms with Gasteiger partial charge in [-0.25, -0.2) is 0 Å². The molecule has 1 saturated heterocycles. The molecule has 1 aromatic rings. The summed E-state index contributed by atoms with van der Waals surface area (Å²) in [6, 6.07) is 6.26. The van der Waals surface area contributed by atoms with E-state index in [0.29, 0.717) is 18.9 Å². The molecule has 0 radical (unpaired) electrons. The summed E-state index contributed by atoms with van der Waals surface area (Å²) in [4.78, 5) is 25.4. The second kappa shape index (κ2) is 7.54. The fraction of sp³-hybridized carbons (Fsp3) is 0.556. The Labute approximate surface area is 132 Å². The number of Topliss-reactive ketones (excluding diaryl/α,β-unsaturated/α-hetero) is 1. The maximum absolute atomic E-state index is 12.4. The summed E-state index contributed by atoms with van der Waals surface area (Å²) in [5.74, 6) is -0.556. The second-order valence-electron chi connectivity index (χ2n) is 6.26. The van der Waals surface area contributed by atoms with Crippen LogP contribution in [0, 0.1) is 13.8 Å². The Hall–Kier alpha value is -1.68. The van der Waals surface area contributed by atoms with Gasteiger partial charge >= 0.3 is 5.97 Å². The third-order valence-corrected chi connectivity index (χ3v) is 4.50. The lowest BCUT2D eigenvalue weighted by Crippen LogP contribution is -2.32. The average molecular weight is 303 g/mol. The fourth-order valence-corrected chi connectivity index (χ4v) is 3.31. The molecule has 1 N–H and O–H groups in total. The zero-order chi connectivity index (χ0) is 16.1. The van der Waals surface area contributed by atoms with E-state index in [2.05, 4.69) is 4.90 Å². The van der Waals surface area contributed by atoms with Gasteiger partial charge in [-0.3, -0.25) is 14.5 Å². The number of ketones is 1. The van der Waals surface area contributed by atoms with Crippen molar-refractivity contribution in [2.75, 3.05) is 13.1 Å². The molecule has 1 unspecified atom stereocenters. The van der Waals surface area contributed by atoms with E-state index in [0.717, 1.165) is 37.1 Å². The maximum Gasteiger partial charge on any atom is 0.303 e. The van der Waals surface area contributed by atoms with Crippen molar-refractivity contribution in [1.29, 1.82) is 0 Å². The van der Waals surface area contributed by atoms with Crippen LogP contribution in [-0.4, -0.2) is 40.9 Å². The van der Waals surface area contributed by atoms with Crippen molar-refractivity contribution < 1.29 is 14.7 Å². The van der Waals surface area contributed by atoms with E-state index in [1.165, 1.54) is 5.56 Å². The number of carbonyl (C=O) groups excluding carboxylic acids is 1. The predicted molar refractivity (Wildman–Crippen MR) is 86.3 cm³/mol. The highest BCUT2D eigenvalue weighted by Gasteiger charge is 2.25. The molecule has 0 aliphatic carbocycles. The SMILES string of the molecule is Cc1ccc(C(=O)CCN2CCCC2CCC(=O)O)c(C)c1. The number of hydrogen-bond acceptors (Lipinski definition) is 3. The number of likely N-dealkylation sites (tertiary alicyclic amines) is 1. The Morgan fingerprint density at radius 1 is 1.27 bits per heavy atom. The molecule has 1 atom stereocenters. The zero-order valence-electron chi connectivity index (χ0n) is 13.5. The summed E-state index contributed by atoms with van der Waals surface area (Å²) < 4.78 is 0. The first-order valence-corrected chi connectivity index (χ1v) is 8.03. The molecule has 1 aliphatic rings. The number of carbonyl (C=O) groups is 2. The lowest BCUT2D eigenvalue weighted by molar-refractivity contribution is -0.137. The van der Waals surface area contributed by atoms with Crippen LogP contribution in [0.1, 0.15) is 53.6 Å². The molecule has 0 bridgehead atoms. The van der Waals surface area contributed by atoms with Crippen molar-refractivity contribution in [3.8, 4) is 0 Å². The monoisotopic (exact) mass is 303 g/mol. The van der Waals surface area contributed by atoms with Gasteiger partial charge < -0.3 is 5.11 Å². The Balaban J connectivity index is 1.88. The van der Waals surface area contributed by atoms with Crippen molar-refractivity contribution in [3.05, 3.63) is 34.9 Å². The molecule has 0 saturated carbocycles. The van der Waals surface area contributed by atoms with Gasteiger partial charge in [0.15, 0.2) is 5.78 Å². The number of benzene rings is 1. The Morgan fingerprint density at radius 3 is 2.73 bits per heavy atom. The quantitative estimate of drug-likeness (QED) is 0.786. The molecule has 0 amide bonds. The van der Waals surface area contributed by atoms with Crippen LogP contribution in [-0.2, 0) is 4.79 Å². The van der Waals surface area contributed by atoms with Crippen molar-refractivity contribution in [1.82, 2.24) is 4.90 Å². The van der Waals surface area contributed by atoms with E-state index in [1.807, 2.05) is 32.0 Å². The van der Waals surface area contributed by atoms with Crippen molar-refractivity contribution in [3.63, 3.8) is 0 Å². The van der Waals surface area contributed by atoms with Crippen molar-refractivity contribution in [2.24, 2.45) is 0 Å². The van der Waals surface area contributed by atoms with Gasteiger partial charge in [-0.1, -0.05) is 23.8 Å². The number of aryl methyl sites for hydroxylation is 2. The van der Waals surface area contributed by atoms with Crippen LogP contribution < -0.4 is 0 Å². The lowest BCUT2D eigenvalue weighted by atomic mass is 10.00. The van der Waals surface area contributed by atoms with Gasteiger partial charge in [-0.2, -0.15) is 0 Å². The van der Waals surface area contributed by atoms with Crippen LogP contribution in [0.25, 0.3) is 0 Å². The largest absolute Gasteiger partial charge is 0.481 e. The minimum absolute atomic E-state index is 0.182. The highest BCUT2D eigenvalue weighted by atomic mass is 16.4. The highest BCUT2D eigenvalue weighted by molar-refractivity contribution is 5.97. The number of hydrogen-bond donors (Lipinski definition) is 1. The molecule has 0 aromatic heterocycles. The van der Waals surface area contributed by atoms with E-state index in [1.54, 1.807) is 0 Å². The third-order valence-electron chi connectivity index (χ3n) is 4.50. The van der Waals surface area contributed by atoms with Gasteiger partial charge in [0, 0.05) is 31.0 Å². The summed E-state index contributed by atoms with van der Waals surface area (Å²) >= 11 is 0. The van der Waals surface area contributed by atoms with E-state index >= 15 is 0 Å². The average Bonchev–Trinajstić information content (AvgIpc) is 2.90. The Bertz CT molecular complexity index is 553. The molecule has 0 spiro atoms. The van der Waals surface area contributed by atoms with Gasteiger partial charge in [0.25, 0.3) is 0 Å². The van der Waals surface area contributed by atoms with Gasteiger partial charge in [0.2, 0.25) is 0 Å². The Morgan fingerprint density at radius 2 is 2.05 bits per heavy atom. The summed E-state index contributed by atoms with van der Waals surface area (Å²) in [6.45, 7) is 5.71. The predicted octanol–water partition coefficient (Wildman–Crippen LogP) is 3.21. The van der Waals surface area contributed by atoms with Gasteiger partial charge in [-0.05, 0) is 45.2 Å². The number of nitrogens with zero attached hydrogens (tertiary/aromatic N) is 1. The first kappa shape index (κ1) is 16.7. The van der Waals surface area contributed by atoms with Crippen LogP contribution in [0.3, 0.4) is 0 Å². The minimum Gasteiger partial charge on any atom is -0.481 e. The highest BCUT2D eigenvalue weighted by Crippen LogP contribution is 2.22. The topological polar surface area (TPSA) is 57.6 Å². The maximum atomic E-state index is 12.4. The smallest absolute Gasteiger partial charge is 0.303 e. The van der Waals surface area contributed by atoms with Crippen LogP contribution in [0.4, 0.5) is 0 Å². The zero-order valence-corrected chi connectivity index (χ0v) is 13.5. The molecule has 4 heteroatoms. The van der Waals surface area contributed by atoms with Crippen LogP contribution in [0.2, 0.25) is 0 Å². The first-order chi connectivity index (χ1) is 10.5. The molecule has 2 rings (SSSR count). The van der Waals surface area contributed by atoms with Crippen LogP contribution in [0.15, 0.2) is 18.2 Å². The lowest BCUT2D eigenvalue weighted by Gasteiger charge is -2.23. The van der Waals surface area contributed by atoms with Gasteiger partial charge in [0.05, 0.1) is 0 Å². The molecule has 120 valence electrons. The number of carboxylic acids is 1. The second-order valence-corrected chi connectivity index (χ2v) is 6.26. The number of carboxylic acid groups (broad SMARTS) is 1. The summed E-state index contributed by atoms with van der Waals surface area (Å²) in [7, 11) is 0. The van der Waals surface area contributed by atoms with Gasteiger partial charge in [0.1, 0.15) is 0 Å². The van der Waals surface area contributed by atoms with E-state index in [-0.39, 0.29) is 12.2 Å². The van der Waals surface area contributed by atoms with E-state index < -0.39 is 5.97 Å². The molecule has 22 heavy (non-hydrogen) atoms. The first-order valence-electron chi connectivity index (χ1n) is 8.03. The van der Waals surface area contributed by atoms with E-state index in [9.17, 15) is 9.59 Å². The summed E-state index contributed by atoms with van der Waals surface area (Å²) in [6.07, 6.45) is 3.56. The summed E-state index contributed by atoms with van der Waals surface area (Å²) in [5.41, 5.74) is 3.02.